The Hall–Kier alpha value is -1.16. The van der Waals surface area contributed by atoms with Crippen LogP contribution in [0.25, 0.3) is 6.08 Å². The predicted octanol–water partition coefficient (Wildman–Crippen LogP) is -0.956. The number of quaternary nitrogens is 3. The summed E-state index contributed by atoms with van der Waals surface area (Å²) in [5.74, 6) is 0. The zero-order chi connectivity index (χ0) is 17.1. The Labute approximate surface area is 143 Å². The van der Waals surface area contributed by atoms with Gasteiger partial charge in [-0.15, -0.1) is 0 Å². The summed E-state index contributed by atoms with van der Waals surface area (Å²) in [5, 5.41) is 0. The van der Waals surface area contributed by atoms with Crippen LogP contribution in [-0.2, 0) is 0 Å². The predicted molar refractivity (Wildman–Crippen MR) is 100 cm³/mol. The first-order valence-electron chi connectivity index (χ1n) is 9.11. The highest BCUT2D eigenvalue weighted by Gasteiger charge is 2.11. The summed E-state index contributed by atoms with van der Waals surface area (Å²) in [6, 6.07) is 10.7. The molecule has 0 spiro atoms. The Bertz CT molecular complexity index is 423. The van der Waals surface area contributed by atoms with E-state index in [1.54, 1.807) is 14.7 Å². The monoisotopic (exact) mass is 320 g/mol. The van der Waals surface area contributed by atoms with Gasteiger partial charge in [0.15, 0.2) is 0 Å². The van der Waals surface area contributed by atoms with Crippen LogP contribution in [0.2, 0.25) is 0 Å². The molecule has 0 aliphatic heterocycles. The van der Waals surface area contributed by atoms with Crippen molar-refractivity contribution in [1.29, 1.82) is 0 Å². The quantitative estimate of drug-likeness (QED) is 0.465. The highest BCUT2D eigenvalue weighted by atomic mass is 15.1. The van der Waals surface area contributed by atoms with Crippen LogP contribution in [-0.4, -0.2) is 60.9 Å². The molecule has 0 atom stereocenters. The largest absolute Gasteiger partial charge is 0.340 e. The van der Waals surface area contributed by atoms with E-state index in [1.165, 1.54) is 56.7 Å². The van der Waals surface area contributed by atoms with Crippen LogP contribution in [0.5, 0.6) is 0 Å². The van der Waals surface area contributed by atoms with Gasteiger partial charge in [-0.25, -0.2) is 0 Å². The fraction of sp³-hybridized carbons (Fsp3) is 0.600. The van der Waals surface area contributed by atoms with Crippen molar-refractivity contribution in [3.8, 4) is 0 Å². The fourth-order valence-corrected chi connectivity index (χ4v) is 2.96. The van der Waals surface area contributed by atoms with Crippen molar-refractivity contribution in [2.75, 3.05) is 60.9 Å². The van der Waals surface area contributed by atoms with Gasteiger partial charge in [0.1, 0.15) is 0 Å². The number of hydrogen-bond acceptors (Lipinski definition) is 0. The minimum Gasteiger partial charge on any atom is -0.340 e. The van der Waals surface area contributed by atoms with Gasteiger partial charge in [0.25, 0.3) is 0 Å². The zero-order valence-corrected chi connectivity index (χ0v) is 15.9. The van der Waals surface area contributed by atoms with Gasteiger partial charge in [-0.1, -0.05) is 36.4 Å². The molecule has 3 nitrogen and oxygen atoms in total. The molecule has 0 radical (unpaired) electrons. The molecule has 0 amide bonds. The Morgan fingerprint density at radius 3 is 1.83 bits per heavy atom. The van der Waals surface area contributed by atoms with Gasteiger partial charge in [0, 0.05) is 12.8 Å². The summed E-state index contributed by atoms with van der Waals surface area (Å²) in [6.45, 7) is 8.55. The standard InChI is InChI=1S/C20H35N3/c1-19(17-20-11-7-6-8-12-20)18-23(15-9-13-21(2)3)16-10-14-22(4)5/h6-8,11-12,17H,9-10,13-16,18H2,1-5H3/p+3. The molecule has 0 aromatic heterocycles. The van der Waals surface area contributed by atoms with E-state index in [0.29, 0.717) is 0 Å². The third-order valence-corrected chi connectivity index (χ3v) is 4.16. The molecule has 3 heteroatoms. The molecule has 0 aliphatic rings. The summed E-state index contributed by atoms with van der Waals surface area (Å²) in [6.07, 6.45) is 4.96. The third-order valence-electron chi connectivity index (χ3n) is 4.16. The number of hydrogen-bond donors (Lipinski definition) is 3. The Morgan fingerprint density at radius 2 is 1.35 bits per heavy atom. The van der Waals surface area contributed by atoms with Crippen LogP contribution >= 0.6 is 0 Å². The van der Waals surface area contributed by atoms with Gasteiger partial charge >= 0.3 is 0 Å². The van der Waals surface area contributed by atoms with E-state index in [4.69, 9.17) is 0 Å². The molecular weight excluding hydrogens is 282 g/mol. The van der Waals surface area contributed by atoms with Gasteiger partial charge in [0.05, 0.1) is 60.9 Å². The molecule has 0 fully saturated rings. The van der Waals surface area contributed by atoms with E-state index in [9.17, 15) is 0 Å². The minimum absolute atomic E-state index is 1.17. The van der Waals surface area contributed by atoms with Crippen LogP contribution in [0.15, 0.2) is 35.9 Å². The van der Waals surface area contributed by atoms with Crippen molar-refractivity contribution in [2.24, 2.45) is 0 Å². The molecule has 0 unspecified atom stereocenters. The van der Waals surface area contributed by atoms with Crippen LogP contribution in [0, 0.1) is 0 Å². The van der Waals surface area contributed by atoms with Crippen molar-refractivity contribution in [3.05, 3.63) is 41.5 Å². The first-order valence-corrected chi connectivity index (χ1v) is 9.11. The van der Waals surface area contributed by atoms with E-state index in [2.05, 4.69) is 71.5 Å². The summed E-state index contributed by atoms with van der Waals surface area (Å²) in [7, 11) is 8.98. The van der Waals surface area contributed by atoms with Crippen LogP contribution in [0.3, 0.4) is 0 Å². The van der Waals surface area contributed by atoms with E-state index in [-0.39, 0.29) is 0 Å². The first kappa shape index (κ1) is 19.9. The summed E-state index contributed by atoms with van der Waals surface area (Å²) in [4.78, 5) is 4.84. The minimum atomic E-state index is 1.17. The Kier molecular flexibility index (Phi) is 9.85. The number of rotatable bonds is 11. The molecule has 1 aromatic carbocycles. The first-order chi connectivity index (χ1) is 11.0. The molecule has 3 N–H and O–H groups in total. The van der Waals surface area contributed by atoms with E-state index < -0.39 is 0 Å². The average molecular weight is 321 g/mol. The van der Waals surface area contributed by atoms with Gasteiger partial charge in [-0.2, -0.15) is 0 Å². The second-order valence-electron chi connectivity index (χ2n) is 7.45. The second kappa shape index (κ2) is 11.4. The van der Waals surface area contributed by atoms with Gasteiger partial charge in [-0.05, 0) is 18.1 Å². The van der Waals surface area contributed by atoms with E-state index in [0.717, 1.165) is 0 Å². The fourth-order valence-electron chi connectivity index (χ4n) is 2.96. The molecule has 130 valence electrons. The molecule has 0 saturated heterocycles. The molecule has 0 heterocycles. The molecule has 1 rings (SSSR count). The van der Waals surface area contributed by atoms with Crippen molar-refractivity contribution in [2.45, 2.75) is 19.8 Å². The van der Waals surface area contributed by atoms with Crippen molar-refractivity contribution in [1.82, 2.24) is 0 Å². The Balaban J connectivity index is 2.53. The lowest BCUT2D eigenvalue weighted by atomic mass is 10.1. The van der Waals surface area contributed by atoms with Crippen LogP contribution in [0.1, 0.15) is 25.3 Å². The highest BCUT2D eigenvalue weighted by Crippen LogP contribution is 2.04. The lowest BCUT2D eigenvalue weighted by molar-refractivity contribution is -0.910. The van der Waals surface area contributed by atoms with Gasteiger partial charge in [-0.3, -0.25) is 0 Å². The van der Waals surface area contributed by atoms with Crippen LogP contribution in [0.4, 0.5) is 0 Å². The van der Waals surface area contributed by atoms with Crippen molar-refractivity contribution in [3.63, 3.8) is 0 Å². The molecule has 0 aliphatic carbocycles. The topological polar surface area (TPSA) is 13.3 Å². The van der Waals surface area contributed by atoms with Crippen molar-refractivity contribution >= 4 is 6.08 Å². The average Bonchev–Trinajstić information content (AvgIpc) is 2.47. The maximum Gasteiger partial charge on any atom is 0.0988 e. The molecular formula is C20H38N3+3. The zero-order valence-electron chi connectivity index (χ0n) is 15.9. The maximum absolute atomic E-state index is 2.34. The molecule has 1 aromatic rings. The summed E-state index contributed by atoms with van der Waals surface area (Å²) in [5.41, 5.74) is 2.81. The normalized spacial score (nSPS) is 12.6. The smallest absolute Gasteiger partial charge is 0.0988 e. The maximum atomic E-state index is 2.34. The third kappa shape index (κ3) is 10.3. The number of benzene rings is 1. The molecule has 0 saturated carbocycles. The molecule has 0 bridgehead atoms. The van der Waals surface area contributed by atoms with Crippen molar-refractivity contribution < 1.29 is 14.7 Å². The Morgan fingerprint density at radius 1 is 0.826 bits per heavy atom. The molecule has 23 heavy (non-hydrogen) atoms. The number of nitrogens with one attached hydrogen (secondary N) is 3. The summed E-state index contributed by atoms with van der Waals surface area (Å²) < 4.78 is 0. The van der Waals surface area contributed by atoms with Gasteiger partial charge in [0.2, 0.25) is 0 Å². The van der Waals surface area contributed by atoms with Gasteiger partial charge < -0.3 is 14.7 Å². The lowest BCUT2D eigenvalue weighted by Crippen LogP contribution is -3.14. The lowest BCUT2D eigenvalue weighted by Gasteiger charge is -2.21. The highest BCUT2D eigenvalue weighted by molar-refractivity contribution is 5.52. The SMILES string of the molecule is CC(=Cc1ccccc1)C[NH+](CCC[NH+](C)C)CCC[NH+](C)C. The van der Waals surface area contributed by atoms with E-state index in [1.807, 2.05) is 0 Å². The van der Waals surface area contributed by atoms with E-state index >= 15 is 0 Å². The summed E-state index contributed by atoms with van der Waals surface area (Å²) >= 11 is 0. The second-order valence-corrected chi connectivity index (χ2v) is 7.45. The van der Waals surface area contributed by atoms with Crippen LogP contribution < -0.4 is 14.7 Å².